The normalized spacial score (nSPS) is 10.4. The molecule has 0 aromatic heterocycles. The fourth-order valence-electron chi connectivity index (χ4n) is 2.95. The zero-order valence-electron chi connectivity index (χ0n) is 18.9. The van der Waals surface area contributed by atoms with Crippen molar-refractivity contribution in [2.75, 3.05) is 32.2 Å². The Morgan fingerprint density at radius 2 is 1.82 bits per heavy atom. The van der Waals surface area contributed by atoms with Gasteiger partial charge in [0.1, 0.15) is 5.75 Å². The Labute approximate surface area is 208 Å². The molecule has 7 nitrogen and oxygen atoms in total. The number of anilines is 1. The SMILES string of the molecule is CCCCCCOc1ccc(C(=O)NC(=S)Nc2ccccc2C(=O)NCCOC)cc1Br. The third-order valence-corrected chi connectivity index (χ3v) is 5.51. The summed E-state index contributed by atoms with van der Waals surface area (Å²) < 4.78 is 11.4. The van der Waals surface area contributed by atoms with Crippen molar-refractivity contribution in [1.82, 2.24) is 10.6 Å². The maximum Gasteiger partial charge on any atom is 0.257 e. The largest absolute Gasteiger partial charge is 0.492 e. The van der Waals surface area contributed by atoms with Crippen LogP contribution >= 0.6 is 28.1 Å². The fourth-order valence-corrected chi connectivity index (χ4v) is 3.65. The summed E-state index contributed by atoms with van der Waals surface area (Å²) in [6.07, 6.45) is 4.50. The summed E-state index contributed by atoms with van der Waals surface area (Å²) in [6, 6.07) is 12.0. The van der Waals surface area contributed by atoms with Crippen LogP contribution in [-0.2, 0) is 4.74 Å². The van der Waals surface area contributed by atoms with Crippen LogP contribution < -0.4 is 20.7 Å². The van der Waals surface area contributed by atoms with Crippen molar-refractivity contribution in [3.05, 3.63) is 58.1 Å². The predicted molar refractivity (Wildman–Crippen MR) is 138 cm³/mol. The van der Waals surface area contributed by atoms with Crippen molar-refractivity contribution in [2.45, 2.75) is 32.6 Å². The molecule has 0 radical (unpaired) electrons. The zero-order valence-corrected chi connectivity index (χ0v) is 21.3. The molecule has 2 aromatic carbocycles. The predicted octanol–water partition coefficient (Wildman–Crippen LogP) is 4.91. The smallest absolute Gasteiger partial charge is 0.257 e. The number of unbranched alkanes of at least 4 members (excludes halogenated alkanes) is 3. The molecule has 0 saturated heterocycles. The van der Waals surface area contributed by atoms with Crippen molar-refractivity contribution in [3.8, 4) is 5.75 Å². The molecule has 3 N–H and O–H groups in total. The molecule has 178 valence electrons. The standard InChI is InChI=1S/C24H30BrN3O4S/c1-3-4-5-8-14-32-21-12-11-17(16-19(21)25)22(29)28-24(33)27-20-10-7-6-9-18(20)23(30)26-13-15-31-2/h6-7,9-12,16H,3-5,8,13-15H2,1-2H3,(H,26,30)(H2,27,28,29,33). The van der Waals surface area contributed by atoms with Crippen LogP contribution in [0.3, 0.4) is 0 Å². The number of amides is 2. The van der Waals surface area contributed by atoms with Crippen LogP contribution in [0.5, 0.6) is 5.75 Å². The van der Waals surface area contributed by atoms with Gasteiger partial charge in [-0.15, -0.1) is 0 Å². The van der Waals surface area contributed by atoms with Crippen LogP contribution in [-0.4, -0.2) is 43.8 Å². The second-order valence-corrected chi connectivity index (χ2v) is 8.52. The van der Waals surface area contributed by atoms with Crippen molar-refractivity contribution >= 4 is 50.8 Å². The first-order valence-corrected chi connectivity index (χ1v) is 12.1. The van der Waals surface area contributed by atoms with E-state index in [-0.39, 0.29) is 16.9 Å². The summed E-state index contributed by atoms with van der Waals surface area (Å²) >= 11 is 8.75. The number of hydrogen-bond acceptors (Lipinski definition) is 5. The van der Waals surface area contributed by atoms with Crippen molar-refractivity contribution < 1.29 is 19.1 Å². The second kappa shape index (κ2) is 14.6. The van der Waals surface area contributed by atoms with E-state index in [9.17, 15) is 9.59 Å². The van der Waals surface area contributed by atoms with Gasteiger partial charge in [0, 0.05) is 19.2 Å². The molecule has 0 atom stereocenters. The van der Waals surface area contributed by atoms with E-state index in [1.807, 2.05) is 0 Å². The van der Waals surface area contributed by atoms with E-state index in [1.165, 1.54) is 12.8 Å². The molecule has 0 unspecified atom stereocenters. The number of para-hydroxylation sites is 1. The lowest BCUT2D eigenvalue weighted by Gasteiger charge is -2.14. The summed E-state index contributed by atoms with van der Waals surface area (Å²) in [5, 5.41) is 8.42. The van der Waals surface area contributed by atoms with E-state index in [4.69, 9.17) is 21.7 Å². The number of carbonyl (C=O) groups excluding carboxylic acids is 2. The van der Waals surface area contributed by atoms with Crippen LogP contribution in [0, 0.1) is 0 Å². The van der Waals surface area contributed by atoms with Gasteiger partial charge in [0.2, 0.25) is 0 Å². The monoisotopic (exact) mass is 535 g/mol. The van der Waals surface area contributed by atoms with Crippen molar-refractivity contribution in [1.29, 1.82) is 0 Å². The van der Waals surface area contributed by atoms with E-state index < -0.39 is 0 Å². The van der Waals surface area contributed by atoms with Gasteiger partial charge in [-0.1, -0.05) is 38.3 Å². The second-order valence-electron chi connectivity index (χ2n) is 7.26. The highest BCUT2D eigenvalue weighted by Gasteiger charge is 2.14. The van der Waals surface area contributed by atoms with Gasteiger partial charge >= 0.3 is 0 Å². The van der Waals surface area contributed by atoms with E-state index in [1.54, 1.807) is 49.6 Å². The van der Waals surface area contributed by atoms with E-state index in [0.29, 0.717) is 46.8 Å². The Hall–Kier alpha value is -2.49. The first kappa shape index (κ1) is 26.8. The molecule has 9 heteroatoms. The highest BCUT2D eigenvalue weighted by atomic mass is 79.9. The Bertz CT molecular complexity index is 955. The van der Waals surface area contributed by atoms with Gasteiger partial charge in [-0.3, -0.25) is 14.9 Å². The molecule has 0 heterocycles. The van der Waals surface area contributed by atoms with Crippen LogP contribution in [0.1, 0.15) is 53.3 Å². The molecule has 0 spiro atoms. The summed E-state index contributed by atoms with van der Waals surface area (Å²) in [4.78, 5) is 25.0. The highest BCUT2D eigenvalue weighted by Crippen LogP contribution is 2.26. The molecule has 0 aliphatic rings. The van der Waals surface area contributed by atoms with Gasteiger partial charge in [-0.05, 0) is 64.9 Å². The number of thiocarbonyl (C=S) groups is 1. The zero-order chi connectivity index (χ0) is 24.1. The highest BCUT2D eigenvalue weighted by molar-refractivity contribution is 9.10. The summed E-state index contributed by atoms with van der Waals surface area (Å²) in [5.41, 5.74) is 1.33. The summed E-state index contributed by atoms with van der Waals surface area (Å²) in [7, 11) is 1.57. The average molecular weight is 536 g/mol. The molecular formula is C24H30BrN3O4S. The quantitative estimate of drug-likeness (QED) is 0.264. The number of methoxy groups -OCH3 is 1. The molecule has 2 amide bonds. The van der Waals surface area contributed by atoms with Crippen LogP contribution in [0.4, 0.5) is 5.69 Å². The van der Waals surface area contributed by atoms with Gasteiger partial charge in [-0.2, -0.15) is 0 Å². The molecule has 0 saturated carbocycles. The third-order valence-electron chi connectivity index (χ3n) is 4.69. The Morgan fingerprint density at radius 3 is 2.55 bits per heavy atom. The van der Waals surface area contributed by atoms with Gasteiger partial charge in [0.05, 0.1) is 28.9 Å². The number of hydrogen-bond donors (Lipinski definition) is 3. The number of nitrogens with one attached hydrogen (secondary N) is 3. The van der Waals surface area contributed by atoms with Crippen molar-refractivity contribution in [2.24, 2.45) is 0 Å². The maximum atomic E-state index is 12.6. The lowest BCUT2D eigenvalue weighted by Crippen LogP contribution is -2.35. The van der Waals surface area contributed by atoms with Crippen LogP contribution in [0.15, 0.2) is 46.9 Å². The number of ether oxygens (including phenoxy) is 2. The molecule has 0 aliphatic carbocycles. The molecule has 0 aliphatic heterocycles. The number of halogens is 1. The third kappa shape index (κ3) is 9.11. The van der Waals surface area contributed by atoms with Crippen LogP contribution in [0.25, 0.3) is 0 Å². The summed E-state index contributed by atoms with van der Waals surface area (Å²) in [6.45, 7) is 3.60. The van der Waals surface area contributed by atoms with Gasteiger partial charge in [0.15, 0.2) is 5.11 Å². The molecular weight excluding hydrogens is 506 g/mol. The lowest BCUT2D eigenvalue weighted by atomic mass is 10.1. The van der Waals surface area contributed by atoms with Gasteiger partial charge in [-0.25, -0.2) is 0 Å². The minimum atomic E-state index is -0.371. The van der Waals surface area contributed by atoms with E-state index in [2.05, 4.69) is 38.8 Å². The topological polar surface area (TPSA) is 88.7 Å². The Balaban J connectivity index is 1.94. The molecule has 0 bridgehead atoms. The molecule has 2 rings (SSSR count). The van der Waals surface area contributed by atoms with Gasteiger partial charge in [0.25, 0.3) is 11.8 Å². The number of rotatable bonds is 12. The number of benzene rings is 2. The van der Waals surface area contributed by atoms with E-state index in [0.717, 1.165) is 12.8 Å². The molecule has 2 aromatic rings. The fraction of sp³-hybridized carbons (Fsp3) is 0.375. The van der Waals surface area contributed by atoms with Crippen molar-refractivity contribution in [3.63, 3.8) is 0 Å². The maximum absolute atomic E-state index is 12.6. The number of carbonyl (C=O) groups is 2. The minimum Gasteiger partial charge on any atom is -0.492 e. The first-order chi connectivity index (χ1) is 16.0. The lowest BCUT2D eigenvalue weighted by molar-refractivity contribution is 0.0936. The summed E-state index contributed by atoms with van der Waals surface area (Å²) in [5.74, 6) is 0.0559. The minimum absolute atomic E-state index is 0.0875. The Kier molecular flexibility index (Phi) is 11.9. The van der Waals surface area contributed by atoms with Gasteiger partial charge < -0.3 is 20.1 Å². The van der Waals surface area contributed by atoms with Crippen LogP contribution in [0.2, 0.25) is 0 Å². The molecule has 33 heavy (non-hydrogen) atoms. The van der Waals surface area contributed by atoms with E-state index >= 15 is 0 Å². The molecule has 0 fully saturated rings. The average Bonchev–Trinajstić information content (AvgIpc) is 2.80. The first-order valence-electron chi connectivity index (χ1n) is 10.9. The Morgan fingerprint density at radius 1 is 1.03 bits per heavy atom.